The van der Waals surface area contributed by atoms with Crippen LogP contribution in [0.3, 0.4) is 0 Å². The van der Waals surface area contributed by atoms with Gasteiger partial charge in [0.15, 0.2) is 5.56 Å². The molecule has 0 amide bonds. The third-order valence-corrected chi connectivity index (χ3v) is 4.10. The summed E-state index contributed by atoms with van der Waals surface area (Å²) in [6, 6.07) is 7.84. The molecular formula is C17H20FN5O2. The molecule has 1 aromatic heterocycles. The van der Waals surface area contributed by atoms with E-state index in [9.17, 15) is 19.2 Å². The van der Waals surface area contributed by atoms with E-state index < -0.39 is 11.2 Å². The molecule has 1 aromatic carbocycles. The molecule has 2 aromatic rings. The van der Waals surface area contributed by atoms with Gasteiger partial charge in [0.05, 0.1) is 6.04 Å². The summed E-state index contributed by atoms with van der Waals surface area (Å²) in [7, 11) is 6.49. The number of aromatic nitrogens is 2. The smallest absolute Gasteiger partial charge is 0.332 e. The number of nitrogens with one attached hydrogen (secondary N) is 1. The van der Waals surface area contributed by atoms with Crippen LogP contribution in [0.25, 0.3) is 0 Å². The van der Waals surface area contributed by atoms with E-state index in [2.05, 4.69) is 5.32 Å². The van der Waals surface area contributed by atoms with Crippen LogP contribution in [0.5, 0.6) is 0 Å². The molecule has 1 heterocycles. The Bertz CT molecular complexity index is 940. The van der Waals surface area contributed by atoms with E-state index in [0.29, 0.717) is 0 Å². The number of likely N-dealkylation sites (N-methyl/N-ethyl adjacent to an activating group) is 1. The summed E-state index contributed by atoms with van der Waals surface area (Å²) in [5, 5.41) is 12.3. The van der Waals surface area contributed by atoms with Gasteiger partial charge in [-0.3, -0.25) is 13.9 Å². The highest BCUT2D eigenvalue weighted by Crippen LogP contribution is 2.20. The lowest BCUT2D eigenvalue weighted by atomic mass is 10.1. The van der Waals surface area contributed by atoms with E-state index >= 15 is 0 Å². The van der Waals surface area contributed by atoms with Crippen LogP contribution < -0.4 is 16.6 Å². The summed E-state index contributed by atoms with van der Waals surface area (Å²) in [6.45, 7) is 0.283. The standard InChI is InChI=1S/C17H20FN5O2/c1-21(2)14(11-6-5-7-12(18)8-11)10-20-15-13(9-19)16(24)23(4)17(25)22(15)3/h5-8,14,20H,10H2,1-4H3. The molecule has 132 valence electrons. The van der Waals surface area contributed by atoms with Gasteiger partial charge in [-0.05, 0) is 31.8 Å². The molecule has 0 saturated carbocycles. The zero-order chi connectivity index (χ0) is 18.7. The second-order valence-corrected chi connectivity index (χ2v) is 5.96. The molecule has 7 nitrogen and oxygen atoms in total. The Hall–Kier alpha value is -2.92. The van der Waals surface area contributed by atoms with Crippen molar-refractivity contribution in [1.82, 2.24) is 14.0 Å². The van der Waals surface area contributed by atoms with Crippen LogP contribution in [0, 0.1) is 17.1 Å². The Morgan fingerprint density at radius 1 is 1.28 bits per heavy atom. The van der Waals surface area contributed by atoms with Crippen molar-refractivity contribution >= 4 is 5.82 Å². The van der Waals surface area contributed by atoms with Crippen LogP contribution in [0.1, 0.15) is 17.2 Å². The highest BCUT2D eigenvalue weighted by atomic mass is 19.1. The number of benzene rings is 1. The normalized spacial score (nSPS) is 12.0. The third-order valence-electron chi connectivity index (χ3n) is 4.10. The van der Waals surface area contributed by atoms with E-state index in [1.807, 2.05) is 25.1 Å². The van der Waals surface area contributed by atoms with Crippen molar-refractivity contribution in [2.75, 3.05) is 26.0 Å². The van der Waals surface area contributed by atoms with E-state index in [1.165, 1.54) is 30.8 Å². The fourth-order valence-electron chi connectivity index (χ4n) is 2.66. The maximum Gasteiger partial charge on any atom is 0.332 e. The van der Waals surface area contributed by atoms with E-state index in [0.717, 1.165) is 10.1 Å². The van der Waals surface area contributed by atoms with Crippen LogP contribution in [0.2, 0.25) is 0 Å². The number of nitrogens with zero attached hydrogens (tertiary/aromatic N) is 4. The van der Waals surface area contributed by atoms with Gasteiger partial charge >= 0.3 is 5.69 Å². The van der Waals surface area contributed by atoms with E-state index in [-0.39, 0.29) is 29.8 Å². The lowest BCUT2D eigenvalue weighted by molar-refractivity contribution is 0.310. The van der Waals surface area contributed by atoms with Gasteiger partial charge < -0.3 is 10.2 Å². The first-order chi connectivity index (χ1) is 11.8. The summed E-state index contributed by atoms with van der Waals surface area (Å²) in [5.41, 5.74) is -0.579. The zero-order valence-corrected chi connectivity index (χ0v) is 14.6. The average molecular weight is 345 g/mol. The topological polar surface area (TPSA) is 83.1 Å². The number of rotatable bonds is 5. The minimum absolute atomic E-state index is 0.138. The Labute approximate surface area is 144 Å². The lowest BCUT2D eigenvalue weighted by Gasteiger charge is -2.26. The first-order valence-electron chi connectivity index (χ1n) is 7.63. The van der Waals surface area contributed by atoms with Crippen molar-refractivity contribution in [3.63, 3.8) is 0 Å². The number of hydrogen-bond acceptors (Lipinski definition) is 5. The van der Waals surface area contributed by atoms with Gasteiger partial charge in [-0.25, -0.2) is 9.18 Å². The van der Waals surface area contributed by atoms with Crippen molar-refractivity contribution in [3.8, 4) is 6.07 Å². The molecule has 0 aliphatic heterocycles. The second kappa shape index (κ2) is 7.32. The fourth-order valence-corrected chi connectivity index (χ4v) is 2.66. The van der Waals surface area contributed by atoms with Gasteiger partial charge in [-0.1, -0.05) is 12.1 Å². The van der Waals surface area contributed by atoms with Crippen LogP contribution in [0.4, 0.5) is 10.2 Å². The summed E-state index contributed by atoms with van der Waals surface area (Å²) >= 11 is 0. The van der Waals surface area contributed by atoms with Gasteiger partial charge in [-0.15, -0.1) is 0 Å². The molecule has 0 aliphatic rings. The van der Waals surface area contributed by atoms with Crippen molar-refractivity contribution < 1.29 is 4.39 Å². The largest absolute Gasteiger partial charge is 0.368 e. The minimum Gasteiger partial charge on any atom is -0.368 e. The molecule has 0 aliphatic carbocycles. The van der Waals surface area contributed by atoms with Crippen LogP contribution >= 0.6 is 0 Å². The first kappa shape index (κ1) is 18.4. The summed E-state index contributed by atoms with van der Waals surface area (Å²) in [5.74, 6) is -0.193. The number of hydrogen-bond donors (Lipinski definition) is 1. The SMILES string of the molecule is CN(C)C(CNc1c(C#N)c(=O)n(C)c(=O)n1C)c1cccc(F)c1. The van der Waals surface area contributed by atoms with Crippen molar-refractivity contribution in [2.24, 2.45) is 14.1 Å². The number of anilines is 1. The molecule has 0 radical (unpaired) electrons. The maximum atomic E-state index is 13.5. The van der Waals surface area contributed by atoms with Crippen molar-refractivity contribution in [1.29, 1.82) is 5.26 Å². The average Bonchev–Trinajstić information content (AvgIpc) is 2.57. The minimum atomic E-state index is -0.653. The summed E-state index contributed by atoms with van der Waals surface area (Å²) in [4.78, 5) is 26.1. The molecule has 0 saturated heterocycles. The molecule has 0 bridgehead atoms. The maximum absolute atomic E-state index is 13.5. The Morgan fingerprint density at radius 2 is 1.96 bits per heavy atom. The molecule has 1 N–H and O–H groups in total. The summed E-state index contributed by atoms with van der Waals surface area (Å²) < 4.78 is 15.6. The third kappa shape index (κ3) is 3.61. The molecule has 2 rings (SSSR count). The van der Waals surface area contributed by atoms with Gasteiger partial charge in [0, 0.05) is 20.6 Å². The van der Waals surface area contributed by atoms with Gasteiger partial charge in [-0.2, -0.15) is 5.26 Å². The van der Waals surface area contributed by atoms with E-state index in [4.69, 9.17) is 0 Å². The monoisotopic (exact) mass is 345 g/mol. The van der Waals surface area contributed by atoms with Gasteiger partial charge in [0.2, 0.25) is 0 Å². The predicted octanol–water partition coefficient (Wildman–Crippen LogP) is 0.810. The highest BCUT2D eigenvalue weighted by molar-refractivity contribution is 5.51. The molecule has 1 atom stereocenters. The number of halogens is 1. The van der Waals surface area contributed by atoms with Gasteiger partial charge in [0.25, 0.3) is 5.56 Å². The number of nitriles is 1. The second-order valence-electron chi connectivity index (χ2n) is 5.96. The van der Waals surface area contributed by atoms with Crippen LogP contribution in [-0.2, 0) is 14.1 Å². The quantitative estimate of drug-likeness (QED) is 0.867. The fraction of sp³-hybridized carbons (Fsp3) is 0.353. The molecule has 1 unspecified atom stereocenters. The Balaban J connectivity index is 2.41. The lowest BCUT2D eigenvalue weighted by Crippen LogP contribution is -2.40. The summed E-state index contributed by atoms with van der Waals surface area (Å²) in [6.07, 6.45) is 0. The van der Waals surface area contributed by atoms with Crippen molar-refractivity contribution in [3.05, 3.63) is 62.0 Å². The molecule has 8 heteroatoms. The van der Waals surface area contributed by atoms with E-state index in [1.54, 1.807) is 12.1 Å². The predicted molar refractivity (Wildman–Crippen MR) is 93.0 cm³/mol. The Kier molecular flexibility index (Phi) is 5.39. The van der Waals surface area contributed by atoms with Crippen LogP contribution in [-0.4, -0.2) is 34.7 Å². The Morgan fingerprint density at radius 3 is 2.52 bits per heavy atom. The molecule has 0 spiro atoms. The highest BCUT2D eigenvalue weighted by Gasteiger charge is 2.19. The van der Waals surface area contributed by atoms with Gasteiger partial charge in [0.1, 0.15) is 17.7 Å². The molecular weight excluding hydrogens is 325 g/mol. The molecule has 0 fully saturated rings. The zero-order valence-electron chi connectivity index (χ0n) is 14.6. The first-order valence-corrected chi connectivity index (χ1v) is 7.63. The van der Waals surface area contributed by atoms with Crippen LogP contribution in [0.15, 0.2) is 33.9 Å². The van der Waals surface area contributed by atoms with Crippen molar-refractivity contribution in [2.45, 2.75) is 6.04 Å². The molecule has 25 heavy (non-hydrogen) atoms.